The Hall–Kier alpha value is -1.29. The van der Waals surface area contributed by atoms with E-state index in [1.165, 1.54) is 0 Å². The molecule has 0 spiro atoms. The van der Waals surface area contributed by atoms with E-state index in [1.54, 1.807) is 19.4 Å². The molecular formula is C7H6ClN3O. The zero-order valence-electron chi connectivity index (χ0n) is 6.34. The lowest BCUT2D eigenvalue weighted by molar-refractivity contribution is 0.401. The Morgan fingerprint density at radius 1 is 1.58 bits per heavy atom. The molecule has 0 aromatic carbocycles. The van der Waals surface area contributed by atoms with E-state index in [4.69, 9.17) is 16.3 Å². The van der Waals surface area contributed by atoms with Gasteiger partial charge in [-0.05, 0) is 0 Å². The van der Waals surface area contributed by atoms with Gasteiger partial charge in [0, 0.05) is 12.3 Å². The second-order valence-electron chi connectivity index (χ2n) is 2.29. The van der Waals surface area contributed by atoms with Crippen LogP contribution < -0.4 is 4.74 Å². The predicted octanol–water partition coefficient (Wildman–Crippen LogP) is 1.62. The number of pyridine rings is 1. The average Bonchev–Trinajstić information content (AvgIpc) is 2.46. The summed E-state index contributed by atoms with van der Waals surface area (Å²) in [5, 5.41) is 7.96. The summed E-state index contributed by atoms with van der Waals surface area (Å²) in [5.41, 5.74) is 0.826. The molecule has 0 unspecified atom stereocenters. The van der Waals surface area contributed by atoms with E-state index in [0.29, 0.717) is 11.0 Å². The van der Waals surface area contributed by atoms with Gasteiger partial charge in [0.1, 0.15) is 5.15 Å². The zero-order valence-corrected chi connectivity index (χ0v) is 7.09. The monoisotopic (exact) mass is 183 g/mol. The van der Waals surface area contributed by atoms with Gasteiger partial charge in [-0.1, -0.05) is 11.6 Å². The van der Waals surface area contributed by atoms with Crippen molar-refractivity contribution in [2.45, 2.75) is 0 Å². The molecule has 0 saturated heterocycles. The summed E-state index contributed by atoms with van der Waals surface area (Å²) < 4.78 is 4.98. The number of nitrogens with zero attached hydrogens (tertiary/aromatic N) is 2. The van der Waals surface area contributed by atoms with Gasteiger partial charge >= 0.3 is 0 Å². The number of aromatic nitrogens is 3. The largest absolute Gasteiger partial charge is 0.479 e. The van der Waals surface area contributed by atoms with Crippen molar-refractivity contribution in [3.05, 3.63) is 17.4 Å². The van der Waals surface area contributed by atoms with Crippen LogP contribution in [0.2, 0.25) is 5.15 Å². The molecule has 0 bridgehead atoms. The first-order chi connectivity index (χ1) is 5.81. The van der Waals surface area contributed by atoms with Crippen LogP contribution in [0.25, 0.3) is 10.9 Å². The minimum absolute atomic E-state index is 0.439. The first-order valence-corrected chi connectivity index (χ1v) is 3.72. The summed E-state index contributed by atoms with van der Waals surface area (Å²) in [4.78, 5) is 3.91. The van der Waals surface area contributed by atoms with Crippen molar-refractivity contribution in [1.82, 2.24) is 15.2 Å². The van der Waals surface area contributed by atoms with Gasteiger partial charge in [0.05, 0.1) is 18.0 Å². The summed E-state index contributed by atoms with van der Waals surface area (Å²) in [6.07, 6.45) is 1.62. The highest BCUT2D eigenvalue weighted by Gasteiger charge is 2.05. The summed E-state index contributed by atoms with van der Waals surface area (Å²) in [5.74, 6) is 0.536. The van der Waals surface area contributed by atoms with E-state index < -0.39 is 0 Å². The van der Waals surface area contributed by atoms with E-state index in [2.05, 4.69) is 15.2 Å². The standard InChI is InChI=1S/C7H6ClN3O/c1-12-7-4-3-9-6(8)2-5(4)10-11-7/h2-3H,1H3,(H,10,11). The third-order valence-electron chi connectivity index (χ3n) is 1.57. The number of halogens is 1. The SMILES string of the molecule is COc1n[nH]c2cc(Cl)ncc12. The summed E-state index contributed by atoms with van der Waals surface area (Å²) in [6, 6.07) is 1.70. The highest BCUT2D eigenvalue weighted by Crippen LogP contribution is 2.22. The Labute approximate surface area is 73.5 Å². The number of hydrogen-bond acceptors (Lipinski definition) is 3. The van der Waals surface area contributed by atoms with Crippen LogP contribution in [-0.4, -0.2) is 22.3 Å². The summed E-state index contributed by atoms with van der Waals surface area (Å²) in [7, 11) is 1.56. The molecule has 2 aromatic rings. The van der Waals surface area contributed by atoms with Crippen molar-refractivity contribution < 1.29 is 4.74 Å². The number of hydrogen-bond donors (Lipinski definition) is 1. The maximum absolute atomic E-state index is 5.67. The number of nitrogens with one attached hydrogen (secondary N) is 1. The molecule has 0 radical (unpaired) electrons. The molecule has 12 heavy (non-hydrogen) atoms. The molecule has 0 amide bonds. The minimum Gasteiger partial charge on any atom is -0.479 e. The molecule has 2 heterocycles. The molecule has 4 nitrogen and oxygen atoms in total. The molecule has 1 N–H and O–H groups in total. The molecule has 0 aliphatic rings. The maximum Gasteiger partial charge on any atom is 0.241 e. The molecule has 5 heteroatoms. The second-order valence-corrected chi connectivity index (χ2v) is 2.67. The molecule has 0 aliphatic heterocycles. The Morgan fingerprint density at radius 3 is 3.17 bits per heavy atom. The zero-order chi connectivity index (χ0) is 8.55. The lowest BCUT2D eigenvalue weighted by Gasteiger charge is -1.92. The van der Waals surface area contributed by atoms with Gasteiger partial charge in [-0.15, -0.1) is 5.10 Å². The first kappa shape index (κ1) is 7.36. The Bertz CT molecular complexity index is 412. The smallest absolute Gasteiger partial charge is 0.241 e. The predicted molar refractivity (Wildman–Crippen MR) is 45.5 cm³/mol. The second kappa shape index (κ2) is 2.64. The Morgan fingerprint density at radius 2 is 2.42 bits per heavy atom. The molecule has 62 valence electrons. The summed E-state index contributed by atoms with van der Waals surface area (Å²) in [6.45, 7) is 0. The van der Waals surface area contributed by atoms with Crippen molar-refractivity contribution in [2.24, 2.45) is 0 Å². The normalized spacial score (nSPS) is 10.5. The highest BCUT2D eigenvalue weighted by molar-refractivity contribution is 6.30. The van der Waals surface area contributed by atoms with Gasteiger partial charge in [0.15, 0.2) is 0 Å². The number of H-pyrrole nitrogens is 1. The third kappa shape index (κ3) is 1.00. The van der Waals surface area contributed by atoms with Gasteiger partial charge in [0.25, 0.3) is 0 Å². The molecule has 0 saturated carbocycles. The fourth-order valence-electron chi connectivity index (χ4n) is 1.02. The lowest BCUT2D eigenvalue weighted by atomic mass is 10.3. The molecule has 2 rings (SSSR count). The van der Waals surface area contributed by atoms with Crippen LogP contribution >= 0.6 is 11.6 Å². The van der Waals surface area contributed by atoms with E-state index in [1.807, 2.05) is 0 Å². The third-order valence-corrected chi connectivity index (χ3v) is 1.78. The molecule has 2 aromatic heterocycles. The number of ether oxygens (including phenoxy) is 1. The Balaban J connectivity index is 2.73. The molecule has 0 atom stereocenters. The Kier molecular flexibility index (Phi) is 1.62. The van der Waals surface area contributed by atoms with Gasteiger partial charge in [-0.3, -0.25) is 5.10 Å². The topological polar surface area (TPSA) is 50.8 Å². The van der Waals surface area contributed by atoms with Crippen LogP contribution in [0.3, 0.4) is 0 Å². The number of methoxy groups -OCH3 is 1. The summed E-state index contributed by atoms with van der Waals surface area (Å²) >= 11 is 5.67. The van der Waals surface area contributed by atoms with Crippen molar-refractivity contribution >= 4 is 22.5 Å². The van der Waals surface area contributed by atoms with Crippen LogP contribution in [0.5, 0.6) is 5.88 Å². The van der Waals surface area contributed by atoms with Crippen LogP contribution in [0, 0.1) is 0 Å². The van der Waals surface area contributed by atoms with Crippen LogP contribution in [0.15, 0.2) is 12.3 Å². The maximum atomic E-state index is 5.67. The molecule has 0 fully saturated rings. The van der Waals surface area contributed by atoms with Crippen molar-refractivity contribution in [3.8, 4) is 5.88 Å². The van der Waals surface area contributed by atoms with Crippen molar-refractivity contribution in [3.63, 3.8) is 0 Å². The average molecular weight is 184 g/mol. The molecular weight excluding hydrogens is 178 g/mol. The van der Waals surface area contributed by atoms with Crippen LogP contribution in [-0.2, 0) is 0 Å². The van der Waals surface area contributed by atoms with Gasteiger partial charge in [0.2, 0.25) is 5.88 Å². The van der Waals surface area contributed by atoms with Crippen molar-refractivity contribution in [2.75, 3.05) is 7.11 Å². The number of aromatic amines is 1. The van der Waals surface area contributed by atoms with E-state index in [0.717, 1.165) is 10.9 Å². The van der Waals surface area contributed by atoms with Gasteiger partial charge < -0.3 is 4.74 Å². The first-order valence-electron chi connectivity index (χ1n) is 3.35. The van der Waals surface area contributed by atoms with E-state index in [-0.39, 0.29) is 0 Å². The van der Waals surface area contributed by atoms with Gasteiger partial charge in [-0.25, -0.2) is 4.98 Å². The minimum atomic E-state index is 0.439. The van der Waals surface area contributed by atoms with Gasteiger partial charge in [-0.2, -0.15) is 0 Å². The quantitative estimate of drug-likeness (QED) is 0.684. The van der Waals surface area contributed by atoms with E-state index >= 15 is 0 Å². The fraction of sp³-hybridized carbons (Fsp3) is 0.143. The number of rotatable bonds is 1. The lowest BCUT2D eigenvalue weighted by Crippen LogP contribution is -1.82. The van der Waals surface area contributed by atoms with Crippen LogP contribution in [0.1, 0.15) is 0 Å². The van der Waals surface area contributed by atoms with E-state index in [9.17, 15) is 0 Å². The van der Waals surface area contributed by atoms with Crippen LogP contribution in [0.4, 0.5) is 0 Å². The van der Waals surface area contributed by atoms with Crippen molar-refractivity contribution in [1.29, 1.82) is 0 Å². The molecule has 0 aliphatic carbocycles. The fourth-order valence-corrected chi connectivity index (χ4v) is 1.18. The number of fused-ring (bicyclic) bond motifs is 1. The highest BCUT2D eigenvalue weighted by atomic mass is 35.5.